The van der Waals surface area contributed by atoms with E-state index < -0.39 is 5.92 Å². The van der Waals surface area contributed by atoms with Crippen molar-refractivity contribution in [2.45, 2.75) is 13.3 Å². The molecule has 0 aromatic rings. The van der Waals surface area contributed by atoms with Crippen molar-refractivity contribution in [2.75, 3.05) is 24.6 Å². The zero-order chi connectivity index (χ0) is 9.68. The number of hydrogen-bond acceptors (Lipinski definition) is 3. The van der Waals surface area contributed by atoms with E-state index in [0.29, 0.717) is 6.42 Å². The Kier molecular flexibility index (Phi) is 4.10. The van der Waals surface area contributed by atoms with Crippen molar-refractivity contribution in [2.24, 2.45) is 5.92 Å². The topological polar surface area (TPSA) is 44.1 Å². The van der Waals surface area contributed by atoms with E-state index in [-0.39, 0.29) is 5.91 Å². The molecule has 0 aromatic heterocycles. The molecule has 3 nitrogen and oxygen atoms in total. The van der Waals surface area contributed by atoms with Crippen LogP contribution in [0.25, 0.3) is 0 Å². The highest BCUT2D eigenvalue weighted by Crippen LogP contribution is 2.13. The number of nitrogens with zero attached hydrogens (tertiary/aromatic N) is 2. The lowest BCUT2D eigenvalue weighted by Gasteiger charge is -2.27. The van der Waals surface area contributed by atoms with Crippen molar-refractivity contribution >= 4 is 17.7 Å². The molecule has 0 N–H and O–H groups in total. The molecular weight excluding hydrogens is 184 g/mol. The number of nitriles is 1. The minimum atomic E-state index is -0.428. The summed E-state index contributed by atoms with van der Waals surface area (Å²) in [5, 5.41) is 8.72. The fraction of sp³-hybridized carbons (Fsp3) is 0.778. The van der Waals surface area contributed by atoms with Gasteiger partial charge in [0.05, 0.1) is 6.07 Å². The second kappa shape index (κ2) is 5.13. The van der Waals surface area contributed by atoms with Crippen molar-refractivity contribution in [3.05, 3.63) is 0 Å². The van der Waals surface area contributed by atoms with Crippen LogP contribution >= 0.6 is 11.8 Å². The normalized spacial score (nSPS) is 19.2. The number of amides is 1. The van der Waals surface area contributed by atoms with E-state index in [4.69, 9.17) is 5.26 Å². The van der Waals surface area contributed by atoms with Crippen LogP contribution in [-0.2, 0) is 4.79 Å². The van der Waals surface area contributed by atoms with Crippen LogP contribution in [0.3, 0.4) is 0 Å². The third kappa shape index (κ3) is 2.63. The number of carbonyl (C=O) groups is 1. The Bertz CT molecular complexity index is 218. The average molecular weight is 198 g/mol. The summed E-state index contributed by atoms with van der Waals surface area (Å²) in [4.78, 5) is 13.5. The number of rotatable bonds is 2. The molecule has 1 fully saturated rings. The van der Waals surface area contributed by atoms with Gasteiger partial charge in [-0.3, -0.25) is 4.79 Å². The minimum absolute atomic E-state index is 0.0188. The first kappa shape index (κ1) is 10.4. The molecule has 1 saturated heterocycles. The maximum absolute atomic E-state index is 11.7. The SMILES string of the molecule is CCC(C#N)C(=O)N1CCSCC1. The Morgan fingerprint density at radius 1 is 1.62 bits per heavy atom. The zero-order valence-electron chi connectivity index (χ0n) is 7.82. The van der Waals surface area contributed by atoms with Gasteiger partial charge in [-0.05, 0) is 6.42 Å². The third-order valence-corrected chi connectivity index (χ3v) is 3.13. The van der Waals surface area contributed by atoms with Gasteiger partial charge in [-0.15, -0.1) is 0 Å². The van der Waals surface area contributed by atoms with Crippen LogP contribution in [0.5, 0.6) is 0 Å². The van der Waals surface area contributed by atoms with Crippen LogP contribution < -0.4 is 0 Å². The van der Waals surface area contributed by atoms with Gasteiger partial charge in [-0.25, -0.2) is 0 Å². The maximum Gasteiger partial charge on any atom is 0.239 e. The molecule has 1 rings (SSSR count). The van der Waals surface area contributed by atoms with Gasteiger partial charge in [-0.2, -0.15) is 17.0 Å². The second-order valence-electron chi connectivity index (χ2n) is 3.03. The highest BCUT2D eigenvalue weighted by molar-refractivity contribution is 7.99. The molecule has 0 aliphatic carbocycles. The monoisotopic (exact) mass is 198 g/mol. The van der Waals surface area contributed by atoms with E-state index in [1.54, 1.807) is 0 Å². The molecule has 4 heteroatoms. The first-order valence-corrected chi connectivity index (χ1v) is 5.71. The van der Waals surface area contributed by atoms with Gasteiger partial charge in [0.25, 0.3) is 0 Å². The summed E-state index contributed by atoms with van der Waals surface area (Å²) in [6.45, 7) is 3.49. The van der Waals surface area contributed by atoms with E-state index in [9.17, 15) is 4.79 Å². The Morgan fingerprint density at radius 2 is 2.23 bits per heavy atom. The largest absolute Gasteiger partial charge is 0.340 e. The standard InChI is InChI=1S/C9H14N2OS/c1-2-8(7-10)9(12)11-3-5-13-6-4-11/h8H,2-6H2,1H3. The summed E-state index contributed by atoms with van der Waals surface area (Å²) in [5.74, 6) is 1.61. The van der Waals surface area contributed by atoms with Crippen molar-refractivity contribution in [3.63, 3.8) is 0 Å². The molecule has 13 heavy (non-hydrogen) atoms. The molecule has 1 amide bonds. The summed E-state index contributed by atoms with van der Waals surface area (Å²) >= 11 is 1.87. The van der Waals surface area contributed by atoms with Crippen LogP contribution in [0.2, 0.25) is 0 Å². The van der Waals surface area contributed by atoms with Crippen molar-refractivity contribution in [3.8, 4) is 6.07 Å². The number of thioether (sulfide) groups is 1. The minimum Gasteiger partial charge on any atom is -0.340 e. The molecule has 1 aliphatic heterocycles. The summed E-state index contributed by atoms with van der Waals surface area (Å²) < 4.78 is 0. The van der Waals surface area contributed by atoms with Crippen LogP contribution in [0.15, 0.2) is 0 Å². The first-order valence-electron chi connectivity index (χ1n) is 4.55. The van der Waals surface area contributed by atoms with Crippen LogP contribution in [-0.4, -0.2) is 35.4 Å². The third-order valence-electron chi connectivity index (χ3n) is 2.18. The van der Waals surface area contributed by atoms with Gasteiger partial charge in [0.1, 0.15) is 5.92 Å². The van der Waals surface area contributed by atoms with Gasteiger partial charge >= 0.3 is 0 Å². The van der Waals surface area contributed by atoms with E-state index in [0.717, 1.165) is 24.6 Å². The molecule has 1 aliphatic rings. The van der Waals surface area contributed by atoms with Crippen LogP contribution in [0.4, 0.5) is 0 Å². The lowest BCUT2D eigenvalue weighted by Crippen LogP contribution is -2.41. The Balaban J connectivity index is 2.50. The van der Waals surface area contributed by atoms with E-state index in [1.807, 2.05) is 23.6 Å². The number of carbonyl (C=O) groups excluding carboxylic acids is 1. The van der Waals surface area contributed by atoms with Crippen molar-refractivity contribution < 1.29 is 4.79 Å². The summed E-state index contributed by atoms with van der Waals surface area (Å²) in [7, 11) is 0. The highest BCUT2D eigenvalue weighted by Gasteiger charge is 2.23. The molecule has 72 valence electrons. The Morgan fingerprint density at radius 3 is 2.69 bits per heavy atom. The quantitative estimate of drug-likeness (QED) is 0.667. The number of hydrogen-bond donors (Lipinski definition) is 0. The lowest BCUT2D eigenvalue weighted by molar-refractivity contribution is -0.133. The van der Waals surface area contributed by atoms with E-state index in [1.165, 1.54) is 0 Å². The Labute approximate surface area is 83.1 Å². The van der Waals surface area contributed by atoms with E-state index in [2.05, 4.69) is 6.07 Å². The molecule has 0 aromatic carbocycles. The van der Waals surface area contributed by atoms with Crippen LogP contribution in [0, 0.1) is 17.2 Å². The molecule has 0 radical (unpaired) electrons. The highest BCUT2D eigenvalue weighted by atomic mass is 32.2. The van der Waals surface area contributed by atoms with Crippen molar-refractivity contribution in [1.82, 2.24) is 4.90 Å². The molecule has 0 saturated carbocycles. The summed E-state index contributed by atoms with van der Waals surface area (Å²) in [6, 6.07) is 2.05. The summed E-state index contributed by atoms with van der Waals surface area (Å²) in [5.41, 5.74) is 0. The van der Waals surface area contributed by atoms with Gasteiger partial charge in [-0.1, -0.05) is 6.92 Å². The smallest absolute Gasteiger partial charge is 0.239 e. The molecule has 1 heterocycles. The van der Waals surface area contributed by atoms with Gasteiger partial charge in [0, 0.05) is 24.6 Å². The molecule has 0 bridgehead atoms. The lowest BCUT2D eigenvalue weighted by atomic mass is 10.1. The second-order valence-corrected chi connectivity index (χ2v) is 4.25. The molecule has 1 unspecified atom stereocenters. The molecular formula is C9H14N2OS. The van der Waals surface area contributed by atoms with Gasteiger partial charge < -0.3 is 4.90 Å². The Hall–Kier alpha value is -0.690. The van der Waals surface area contributed by atoms with Crippen molar-refractivity contribution in [1.29, 1.82) is 5.26 Å². The molecule has 0 spiro atoms. The fourth-order valence-corrected chi connectivity index (χ4v) is 2.23. The maximum atomic E-state index is 11.7. The predicted octanol–water partition coefficient (Wildman–Crippen LogP) is 1.11. The van der Waals surface area contributed by atoms with E-state index >= 15 is 0 Å². The predicted molar refractivity (Wildman–Crippen MR) is 53.3 cm³/mol. The van der Waals surface area contributed by atoms with Crippen LogP contribution in [0.1, 0.15) is 13.3 Å². The summed E-state index contributed by atoms with van der Waals surface area (Å²) in [6.07, 6.45) is 0.624. The average Bonchev–Trinajstić information content (AvgIpc) is 2.21. The van der Waals surface area contributed by atoms with Gasteiger partial charge in [0.2, 0.25) is 5.91 Å². The molecule has 1 atom stereocenters. The van der Waals surface area contributed by atoms with Gasteiger partial charge in [0.15, 0.2) is 0 Å². The zero-order valence-corrected chi connectivity index (χ0v) is 8.64. The first-order chi connectivity index (χ1) is 6.29. The fourth-order valence-electron chi connectivity index (χ4n) is 1.33.